The molecular formula is C28H21F3N4O3. The number of hydrogen-bond donors (Lipinski definition) is 0. The highest BCUT2D eigenvalue weighted by Gasteiger charge is 2.31. The van der Waals surface area contributed by atoms with Crippen molar-refractivity contribution in [2.24, 2.45) is 5.10 Å². The van der Waals surface area contributed by atoms with Crippen LogP contribution in [0.3, 0.4) is 0 Å². The molecule has 2 heterocycles. The minimum atomic E-state index is -4.57. The van der Waals surface area contributed by atoms with Gasteiger partial charge in [0.2, 0.25) is 0 Å². The number of carbonyl (C=O) groups excluding carboxylic acids is 1. The van der Waals surface area contributed by atoms with Gasteiger partial charge in [-0.1, -0.05) is 42.5 Å². The van der Waals surface area contributed by atoms with E-state index in [1.165, 1.54) is 25.5 Å². The van der Waals surface area contributed by atoms with Crippen LogP contribution >= 0.6 is 0 Å². The highest BCUT2D eigenvalue weighted by atomic mass is 19.4. The Morgan fingerprint density at radius 2 is 1.74 bits per heavy atom. The van der Waals surface area contributed by atoms with Gasteiger partial charge in [0.05, 0.1) is 29.8 Å². The van der Waals surface area contributed by atoms with Gasteiger partial charge >= 0.3 is 12.1 Å². The number of para-hydroxylation sites is 2. The molecule has 7 nitrogen and oxygen atoms in total. The van der Waals surface area contributed by atoms with Gasteiger partial charge < -0.3 is 9.30 Å². The highest BCUT2D eigenvalue weighted by molar-refractivity contribution is 6.00. The van der Waals surface area contributed by atoms with Crippen molar-refractivity contribution in [1.29, 1.82) is 0 Å². The Labute approximate surface area is 214 Å². The van der Waals surface area contributed by atoms with Crippen molar-refractivity contribution in [3.05, 3.63) is 100 Å². The molecule has 0 bridgehead atoms. The fraction of sp³-hybridized carbons (Fsp3) is 0.143. The zero-order valence-electron chi connectivity index (χ0n) is 20.3. The molecule has 0 saturated carbocycles. The molecule has 10 heteroatoms. The van der Waals surface area contributed by atoms with Crippen LogP contribution in [0, 0.1) is 0 Å². The summed E-state index contributed by atoms with van der Waals surface area (Å²) in [5, 5.41) is 5.41. The molecule has 0 saturated heterocycles. The number of aromatic nitrogens is 3. The molecule has 0 aliphatic heterocycles. The summed E-state index contributed by atoms with van der Waals surface area (Å²) in [4.78, 5) is 30.1. The van der Waals surface area contributed by atoms with Gasteiger partial charge in [-0.05, 0) is 37.3 Å². The maximum Gasteiger partial charge on any atom is 0.416 e. The van der Waals surface area contributed by atoms with E-state index in [9.17, 15) is 22.8 Å². The van der Waals surface area contributed by atoms with E-state index in [2.05, 4.69) is 10.1 Å². The first-order valence-electron chi connectivity index (χ1n) is 11.6. The zero-order valence-corrected chi connectivity index (χ0v) is 20.3. The molecule has 192 valence electrons. The Bertz CT molecular complexity index is 1770. The summed E-state index contributed by atoms with van der Waals surface area (Å²) in [5.41, 5.74) is 0.348. The van der Waals surface area contributed by atoms with E-state index < -0.39 is 29.3 Å². The number of rotatable bonds is 5. The molecule has 2 aromatic heterocycles. The first-order chi connectivity index (χ1) is 18.2. The van der Waals surface area contributed by atoms with Crippen molar-refractivity contribution < 1.29 is 22.7 Å². The topological polar surface area (TPSA) is 78.5 Å². The van der Waals surface area contributed by atoms with E-state index in [1.54, 1.807) is 42.0 Å². The number of fused-ring (bicyclic) bond motifs is 2. The van der Waals surface area contributed by atoms with Gasteiger partial charge in [-0.25, -0.2) is 9.78 Å². The lowest BCUT2D eigenvalue weighted by Crippen LogP contribution is -2.20. The lowest BCUT2D eigenvalue weighted by atomic mass is 10.1. The summed E-state index contributed by atoms with van der Waals surface area (Å²) >= 11 is 0. The van der Waals surface area contributed by atoms with Gasteiger partial charge in [0, 0.05) is 28.2 Å². The summed E-state index contributed by atoms with van der Waals surface area (Å²) in [6.07, 6.45) is -1.43. The van der Waals surface area contributed by atoms with Gasteiger partial charge in [-0.2, -0.15) is 22.9 Å². The van der Waals surface area contributed by atoms with Crippen molar-refractivity contribution in [3.8, 4) is 11.4 Å². The number of methoxy groups -OCH3 is 1. The predicted molar refractivity (Wildman–Crippen MR) is 138 cm³/mol. The number of alkyl halides is 3. The van der Waals surface area contributed by atoms with Gasteiger partial charge in [0.15, 0.2) is 5.82 Å². The minimum absolute atomic E-state index is 0.0392. The van der Waals surface area contributed by atoms with Crippen molar-refractivity contribution >= 4 is 34.0 Å². The maximum atomic E-state index is 13.5. The third kappa shape index (κ3) is 4.45. The number of hydrogen-bond acceptors (Lipinski definition) is 5. The monoisotopic (exact) mass is 518 g/mol. The molecule has 38 heavy (non-hydrogen) atoms. The van der Waals surface area contributed by atoms with Gasteiger partial charge in [0.25, 0.3) is 5.56 Å². The summed E-state index contributed by atoms with van der Waals surface area (Å²) in [7, 11) is 1.31. The third-order valence-corrected chi connectivity index (χ3v) is 6.25. The summed E-state index contributed by atoms with van der Waals surface area (Å²) < 4.78 is 47.9. The number of ether oxygens (including phenoxy) is 1. The second-order valence-electron chi connectivity index (χ2n) is 8.60. The zero-order chi connectivity index (χ0) is 27.0. The normalized spacial score (nSPS) is 12.9. The quantitative estimate of drug-likeness (QED) is 0.222. The van der Waals surface area contributed by atoms with E-state index in [1.807, 2.05) is 24.3 Å². The fourth-order valence-corrected chi connectivity index (χ4v) is 4.31. The Kier molecular flexibility index (Phi) is 6.31. The first kappa shape index (κ1) is 24.9. The smallest absolute Gasteiger partial charge is 0.416 e. The van der Waals surface area contributed by atoms with Crippen LogP contribution in [0.15, 0.2) is 88.9 Å². The van der Waals surface area contributed by atoms with E-state index in [4.69, 9.17) is 4.74 Å². The van der Waals surface area contributed by atoms with Crippen molar-refractivity contribution in [3.63, 3.8) is 0 Å². The Balaban J connectivity index is 1.70. The molecule has 3 aromatic carbocycles. The highest BCUT2D eigenvalue weighted by Crippen LogP contribution is 2.32. The largest absolute Gasteiger partial charge is 0.467 e. The van der Waals surface area contributed by atoms with Gasteiger partial charge in [-0.15, -0.1) is 0 Å². The molecule has 0 fully saturated rings. The van der Waals surface area contributed by atoms with Crippen LogP contribution in [0.5, 0.6) is 0 Å². The average molecular weight is 518 g/mol. The Hall–Kier alpha value is -4.73. The van der Waals surface area contributed by atoms with Crippen LogP contribution in [0.4, 0.5) is 13.2 Å². The standard InChI is InChI=1S/C28H21F3N4O3/c1-17(27(37)38-2)34-16-19(21-10-4-6-13-24(21)34)15-32-35-25(18-8-7-9-20(14-18)28(29,30)31)33-23-12-5-3-11-22(23)26(35)36/h3-17H,1-2H3/t17-/m1/s1. The van der Waals surface area contributed by atoms with Gasteiger partial charge in [-0.3, -0.25) is 4.79 Å². The van der Waals surface area contributed by atoms with E-state index in [-0.39, 0.29) is 16.8 Å². The van der Waals surface area contributed by atoms with E-state index in [0.717, 1.165) is 27.7 Å². The Morgan fingerprint density at radius 1 is 1.03 bits per heavy atom. The summed E-state index contributed by atoms with van der Waals surface area (Å²) in [5.74, 6) is -0.473. The molecule has 0 spiro atoms. The maximum absolute atomic E-state index is 13.5. The van der Waals surface area contributed by atoms with Crippen LogP contribution in [0.25, 0.3) is 33.2 Å². The van der Waals surface area contributed by atoms with Crippen LogP contribution < -0.4 is 5.56 Å². The molecular weight excluding hydrogens is 497 g/mol. The summed E-state index contributed by atoms with van der Waals surface area (Å²) in [6.45, 7) is 1.70. The molecule has 0 radical (unpaired) electrons. The molecule has 0 aliphatic carbocycles. The third-order valence-electron chi connectivity index (χ3n) is 6.25. The minimum Gasteiger partial charge on any atom is -0.467 e. The molecule has 0 N–H and O–H groups in total. The lowest BCUT2D eigenvalue weighted by molar-refractivity contribution is -0.144. The predicted octanol–water partition coefficient (Wildman–Crippen LogP) is 5.65. The van der Waals surface area contributed by atoms with Gasteiger partial charge in [0.1, 0.15) is 6.04 Å². The van der Waals surface area contributed by atoms with Crippen LogP contribution in [0.2, 0.25) is 0 Å². The van der Waals surface area contributed by atoms with E-state index >= 15 is 0 Å². The van der Waals surface area contributed by atoms with Crippen molar-refractivity contribution in [2.75, 3.05) is 7.11 Å². The average Bonchev–Trinajstić information content (AvgIpc) is 3.30. The van der Waals surface area contributed by atoms with Crippen molar-refractivity contribution in [1.82, 2.24) is 14.2 Å². The first-order valence-corrected chi connectivity index (χ1v) is 11.6. The SMILES string of the molecule is COC(=O)[C@@H](C)n1cc(C=Nn2c(-c3cccc(C(F)(F)F)c3)nc3ccccc3c2=O)c2ccccc21. The number of carbonyl (C=O) groups is 1. The number of esters is 1. The fourth-order valence-electron chi connectivity index (χ4n) is 4.31. The molecule has 0 amide bonds. The molecule has 1 atom stereocenters. The van der Waals surface area contributed by atoms with Crippen molar-refractivity contribution in [2.45, 2.75) is 19.1 Å². The van der Waals surface area contributed by atoms with Crippen LogP contribution in [-0.2, 0) is 15.7 Å². The molecule has 0 unspecified atom stereocenters. The number of nitrogens with zero attached hydrogens (tertiary/aromatic N) is 4. The lowest BCUT2D eigenvalue weighted by Gasteiger charge is -2.12. The molecule has 5 rings (SSSR count). The second kappa shape index (κ2) is 9.62. The summed E-state index contributed by atoms with van der Waals surface area (Å²) in [6, 6.07) is 17.9. The molecule has 5 aromatic rings. The van der Waals surface area contributed by atoms with E-state index in [0.29, 0.717) is 11.1 Å². The second-order valence-corrected chi connectivity index (χ2v) is 8.60. The molecule has 0 aliphatic rings. The van der Waals surface area contributed by atoms with Crippen LogP contribution in [0.1, 0.15) is 24.1 Å². The number of halogens is 3. The Morgan fingerprint density at radius 3 is 2.47 bits per heavy atom. The number of benzene rings is 3. The van der Waals surface area contributed by atoms with Crippen LogP contribution in [-0.4, -0.2) is 33.5 Å².